The molecule has 0 aliphatic heterocycles. The molecule has 0 spiro atoms. The fraction of sp³-hybridized carbons (Fsp3) is 0.250. The maximum atomic E-state index is 12.8. The maximum absolute atomic E-state index is 12.8. The van der Waals surface area contributed by atoms with E-state index in [1.807, 2.05) is 6.92 Å². The van der Waals surface area contributed by atoms with E-state index < -0.39 is 15.9 Å². The number of anilines is 2. The first-order valence-corrected chi connectivity index (χ1v) is 14.0. The zero-order valence-corrected chi connectivity index (χ0v) is 24.0. The molecule has 38 heavy (non-hydrogen) atoms. The largest absolute Gasteiger partial charge is 0.493 e. The number of thiocarbonyl (C=S) groups is 1. The molecule has 0 bridgehead atoms. The summed E-state index contributed by atoms with van der Waals surface area (Å²) in [6.45, 7) is 2.54. The van der Waals surface area contributed by atoms with Crippen molar-refractivity contribution in [2.75, 3.05) is 30.9 Å². The fourth-order valence-corrected chi connectivity index (χ4v) is 4.59. The van der Waals surface area contributed by atoms with Crippen LogP contribution < -0.4 is 29.6 Å². The number of unbranched alkanes of at least 4 members (excludes halogenated alkanes) is 1. The van der Waals surface area contributed by atoms with Crippen LogP contribution in [0.15, 0.2) is 57.9 Å². The van der Waals surface area contributed by atoms with Crippen molar-refractivity contribution in [3.63, 3.8) is 0 Å². The summed E-state index contributed by atoms with van der Waals surface area (Å²) in [5.74, 6) is 0.106. The molecule has 11 nitrogen and oxygen atoms in total. The second-order valence-electron chi connectivity index (χ2n) is 7.66. The van der Waals surface area contributed by atoms with Crippen molar-refractivity contribution in [1.82, 2.24) is 15.3 Å². The van der Waals surface area contributed by atoms with Gasteiger partial charge in [-0.05, 0) is 61.1 Å². The minimum atomic E-state index is -3.98. The first-order valence-electron chi connectivity index (χ1n) is 11.3. The second-order valence-corrected chi connectivity index (χ2v) is 10.7. The molecule has 1 amide bonds. The molecule has 0 aliphatic rings. The summed E-state index contributed by atoms with van der Waals surface area (Å²) < 4.78 is 44.4. The number of sulfonamides is 1. The molecule has 3 rings (SSSR count). The summed E-state index contributed by atoms with van der Waals surface area (Å²) in [4.78, 5) is 20.7. The number of carbonyl (C=O) groups excluding carboxylic acids is 1. The zero-order chi connectivity index (χ0) is 27.7. The van der Waals surface area contributed by atoms with Crippen LogP contribution in [0.5, 0.6) is 17.6 Å². The van der Waals surface area contributed by atoms with Gasteiger partial charge in [0.25, 0.3) is 15.9 Å². The number of nitrogens with zero attached hydrogens (tertiary/aromatic N) is 2. The van der Waals surface area contributed by atoms with Gasteiger partial charge in [-0.25, -0.2) is 8.42 Å². The third-order valence-corrected chi connectivity index (χ3v) is 6.97. The summed E-state index contributed by atoms with van der Waals surface area (Å²) in [6, 6.07) is 12.2. The van der Waals surface area contributed by atoms with Gasteiger partial charge in [-0.1, -0.05) is 29.3 Å². The lowest BCUT2D eigenvalue weighted by Crippen LogP contribution is -2.34. The molecule has 0 aliphatic carbocycles. The van der Waals surface area contributed by atoms with Crippen molar-refractivity contribution in [3.05, 3.63) is 58.6 Å². The van der Waals surface area contributed by atoms with Gasteiger partial charge in [-0.15, -0.1) is 0 Å². The summed E-state index contributed by atoms with van der Waals surface area (Å²) in [7, 11) is -1.24. The first kappa shape index (κ1) is 29.1. The number of hydrogen-bond donors (Lipinski definition) is 3. The number of aromatic nitrogens is 2. The van der Waals surface area contributed by atoms with E-state index in [1.54, 1.807) is 18.2 Å². The molecule has 0 atom stereocenters. The van der Waals surface area contributed by atoms with E-state index >= 15 is 0 Å². The zero-order valence-electron chi connectivity index (χ0n) is 20.8. The number of amides is 1. The Morgan fingerprint density at radius 2 is 1.79 bits per heavy atom. The van der Waals surface area contributed by atoms with E-state index in [1.165, 1.54) is 44.6 Å². The third kappa shape index (κ3) is 8.00. The molecule has 202 valence electrons. The monoisotopic (exact) mass is 623 g/mol. The fourth-order valence-electron chi connectivity index (χ4n) is 3.03. The average Bonchev–Trinajstić information content (AvgIpc) is 2.89. The molecule has 0 fully saturated rings. The van der Waals surface area contributed by atoms with Gasteiger partial charge in [-0.2, -0.15) is 9.97 Å². The van der Waals surface area contributed by atoms with Crippen molar-refractivity contribution in [3.8, 4) is 17.6 Å². The van der Waals surface area contributed by atoms with Crippen LogP contribution in [-0.4, -0.2) is 50.2 Å². The minimum Gasteiger partial charge on any atom is -0.493 e. The van der Waals surface area contributed by atoms with E-state index in [-0.39, 0.29) is 27.7 Å². The van der Waals surface area contributed by atoms with Gasteiger partial charge in [0.2, 0.25) is 5.88 Å². The molecule has 0 saturated carbocycles. The number of ether oxygens (including phenoxy) is 3. The van der Waals surface area contributed by atoms with Gasteiger partial charge in [0, 0.05) is 16.2 Å². The molecule has 3 aromatic rings. The van der Waals surface area contributed by atoms with Crippen LogP contribution in [0, 0.1) is 0 Å². The van der Waals surface area contributed by atoms with Crippen molar-refractivity contribution in [2.24, 2.45) is 0 Å². The highest BCUT2D eigenvalue weighted by Gasteiger charge is 2.18. The minimum absolute atomic E-state index is 0.0228. The molecule has 14 heteroatoms. The Hall–Kier alpha value is -3.49. The molecule has 2 aromatic carbocycles. The standard InChI is InChI=1S/C24H26BrN5O6S2/c1-4-5-12-36-19-11-6-15(25)13-18(19)22(31)29-24(37)26-16-7-9-17(10-8-16)38(32,33)30-20-14-21(34-2)28-23(27-20)35-3/h6-11,13-14H,4-5,12H2,1-3H3,(H,27,28,30)(H2,26,29,31,37). The molecule has 1 aromatic heterocycles. The highest BCUT2D eigenvalue weighted by atomic mass is 79.9. The van der Waals surface area contributed by atoms with Gasteiger partial charge in [0.05, 0.1) is 31.3 Å². The molecular weight excluding hydrogens is 598 g/mol. The van der Waals surface area contributed by atoms with Crippen LogP contribution in [0.25, 0.3) is 0 Å². The molecule has 0 radical (unpaired) electrons. The Kier molecular flexibility index (Phi) is 10.2. The van der Waals surface area contributed by atoms with E-state index in [0.29, 0.717) is 28.1 Å². The summed E-state index contributed by atoms with van der Waals surface area (Å²) >= 11 is 8.64. The second kappa shape index (κ2) is 13.3. The highest BCUT2D eigenvalue weighted by Crippen LogP contribution is 2.24. The average molecular weight is 625 g/mol. The maximum Gasteiger partial charge on any atom is 0.321 e. The SMILES string of the molecule is CCCCOc1ccc(Br)cc1C(=O)NC(=S)Nc1ccc(S(=O)(=O)Nc2cc(OC)nc(OC)n2)cc1. The Bertz CT molecular complexity index is 1380. The topological polar surface area (TPSA) is 141 Å². The van der Waals surface area contributed by atoms with Crippen LogP contribution >= 0.6 is 28.1 Å². The van der Waals surface area contributed by atoms with E-state index in [0.717, 1.165) is 12.8 Å². The highest BCUT2D eigenvalue weighted by molar-refractivity contribution is 9.10. The van der Waals surface area contributed by atoms with Crippen molar-refractivity contribution in [2.45, 2.75) is 24.7 Å². The molecule has 0 unspecified atom stereocenters. The van der Waals surface area contributed by atoms with Gasteiger partial charge in [0.1, 0.15) is 5.75 Å². The number of benzene rings is 2. The van der Waals surface area contributed by atoms with E-state index in [4.69, 9.17) is 26.4 Å². The van der Waals surface area contributed by atoms with Gasteiger partial charge >= 0.3 is 6.01 Å². The Morgan fingerprint density at radius 1 is 1.05 bits per heavy atom. The first-order chi connectivity index (χ1) is 18.1. The predicted molar refractivity (Wildman–Crippen MR) is 151 cm³/mol. The van der Waals surface area contributed by atoms with Gasteiger partial charge in [0.15, 0.2) is 10.9 Å². The molecule has 3 N–H and O–H groups in total. The Balaban J connectivity index is 1.66. The molecule has 0 saturated heterocycles. The van der Waals surface area contributed by atoms with Crippen molar-refractivity contribution >= 4 is 60.7 Å². The van der Waals surface area contributed by atoms with Crippen LogP contribution in [0.3, 0.4) is 0 Å². The lowest BCUT2D eigenvalue weighted by molar-refractivity contribution is 0.0973. The number of hydrogen-bond acceptors (Lipinski definition) is 9. The lowest BCUT2D eigenvalue weighted by Gasteiger charge is -2.14. The van der Waals surface area contributed by atoms with Gasteiger partial charge in [-0.3, -0.25) is 14.8 Å². The molecule has 1 heterocycles. The van der Waals surface area contributed by atoms with Crippen LogP contribution in [0.4, 0.5) is 11.5 Å². The third-order valence-electron chi connectivity index (χ3n) is 4.90. The quantitative estimate of drug-likeness (QED) is 0.208. The Morgan fingerprint density at radius 3 is 2.45 bits per heavy atom. The number of methoxy groups -OCH3 is 2. The van der Waals surface area contributed by atoms with E-state index in [9.17, 15) is 13.2 Å². The summed E-state index contributed by atoms with van der Waals surface area (Å²) in [6.07, 6.45) is 1.83. The number of carbonyl (C=O) groups is 1. The van der Waals surface area contributed by atoms with Crippen LogP contribution in [0.2, 0.25) is 0 Å². The van der Waals surface area contributed by atoms with Crippen molar-refractivity contribution < 1.29 is 27.4 Å². The summed E-state index contributed by atoms with van der Waals surface area (Å²) in [5.41, 5.74) is 0.790. The smallest absolute Gasteiger partial charge is 0.321 e. The number of nitrogens with one attached hydrogen (secondary N) is 3. The predicted octanol–water partition coefficient (Wildman–Crippen LogP) is 4.36. The van der Waals surface area contributed by atoms with Crippen LogP contribution in [0.1, 0.15) is 30.1 Å². The lowest BCUT2D eigenvalue weighted by atomic mass is 10.2. The number of halogens is 1. The van der Waals surface area contributed by atoms with E-state index in [2.05, 4.69) is 41.3 Å². The van der Waals surface area contributed by atoms with Gasteiger partial charge < -0.3 is 19.5 Å². The van der Waals surface area contributed by atoms with Crippen molar-refractivity contribution in [1.29, 1.82) is 0 Å². The Labute approximate surface area is 234 Å². The normalized spacial score (nSPS) is 10.8. The van der Waals surface area contributed by atoms with Crippen LogP contribution in [-0.2, 0) is 10.0 Å². The number of rotatable bonds is 11. The summed E-state index contributed by atoms with van der Waals surface area (Å²) in [5, 5.41) is 5.51. The molecular formula is C24H26BrN5O6S2.